The Kier molecular flexibility index (Phi) is 5.97. The number of benzene rings is 1. The van der Waals surface area contributed by atoms with Gasteiger partial charge in [-0.25, -0.2) is 17.9 Å². The Morgan fingerprint density at radius 1 is 1.21 bits per heavy atom. The fourth-order valence-electron chi connectivity index (χ4n) is 3.84. The summed E-state index contributed by atoms with van der Waals surface area (Å²) >= 11 is 3.34. The Morgan fingerprint density at radius 2 is 1.93 bits per heavy atom. The minimum Gasteiger partial charge on any atom is -0.383 e. The van der Waals surface area contributed by atoms with Crippen molar-refractivity contribution in [3.05, 3.63) is 45.0 Å². The number of ether oxygens (including phenoxy) is 1. The van der Waals surface area contributed by atoms with Crippen LogP contribution in [0.2, 0.25) is 0 Å². The second-order valence-corrected chi connectivity index (χ2v) is 10.5. The monoisotopic (exact) mass is 484 g/mol. The zero-order chi connectivity index (χ0) is 20.6. The molecule has 0 N–H and O–H groups in total. The molecule has 2 aliphatic rings. The second-order valence-electron chi connectivity index (χ2n) is 7.61. The summed E-state index contributed by atoms with van der Waals surface area (Å²) in [6.07, 6.45) is 3.50. The van der Waals surface area contributed by atoms with E-state index in [9.17, 15) is 13.2 Å². The first kappa shape index (κ1) is 20.8. The molecule has 158 valence electrons. The molecular formula is C19H25BrN4O4S. The van der Waals surface area contributed by atoms with Crippen molar-refractivity contribution in [2.24, 2.45) is 0 Å². The third kappa shape index (κ3) is 4.21. The number of piperidine rings is 1. The molecule has 0 amide bonds. The molecule has 2 heterocycles. The Balaban J connectivity index is 1.62. The van der Waals surface area contributed by atoms with Gasteiger partial charge in [0.1, 0.15) is 5.82 Å². The Hall–Kier alpha value is -1.49. The van der Waals surface area contributed by atoms with Crippen LogP contribution < -0.4 is 5.69 Å². The molecule has 1 unspecified atom stereocenters. The molecule has 0 radical (unpaired) electrons. The van der Waals surface area contributed by atoms with E-state index < -0.39 is 10.0 Å². The maximum atomic E-state index is 13.1. The fraction of sp³-hybridized carbons (Fsp3) is 0.579. The summed E-state index contributed by atoms with van der Waals surface area (Å²) < 4.78 is 36.9. The highest BCUT2D eigenvalue weighted by atomic mass is 79.9. The van der Waals surface area contributed by atoms with E-state index in [4.69, 9.17) is 4.74 Å². The van der Waals surface area contributed by atoms with Crippen molar-refractivity contribution in [3.8, 4) is 0 Å². The van der Waals surface area contributed by atoms with E-state index in [1.54, 1.807) is 35.9 Å². The van der Waals surface area contributed by atoms with Gasteiger partial charge >= 0.3 is 5.69 Å². The number of halogens is 1. The highest BCUT2D eigenvalue weighted by molar-refractivity contribution is 9.10. The number of methoxy groups -OCH3 is 1. The summed E-state index contributed by atoms with van der Waals surface area (Å²) in [5, 5.41) is 4.59. The van der Waals surface area contributed by atoms with Gasteiger partial charge in [0, 0.05) is 36.6 Å². The molecule has 1 aliphatic carbocycles. The zero-order valence-electron chi connectivity index (χ0n) is 16.3. The van der Waals surface area contributed by atoms with Crippen molar-refractivity contribution in [3.63, 3.8) is 0 Å². The summed E-state index contributed by atoms with van der Waals surface area (Å²) in [7, 11) is -1.99. The molecule has 8 nitrogen and oxygen atoms in total. The number of nitrogens with zero attached hydrogens (tertiary/aromatic N) is 4. The average Bonchev–Trinajstić information content (AvgIpc) is 3.50. The van der Waals surface area contributed by atoms with Gasteiger partial charge in [-0.05, 0) is 49.9 Å². The predicted octanol–water partition coefficient (Wildman–Crippen LogP) is 2.36. The topological polar surface area (TPSA) is 86.4 Å². The van der Waals surface area contributed by atoms with Gasteiger partial charge in [-0.3, -0.25) is 4.57 Å². The SMILES string of the molecule is COCCn1nc(C2CCCN(S(=O)(=O)c3ccc(Br)cc3)C2)n(C2CC2)c1=O. The lowest BCUT2D eigenvalue weighted by molar-refractivity contribution is 0.182. The van der Waals surface area contributed by atoms with E-state index in [1.165, 1.54) is 8.99 Å². The number of aromatic nitrogens is 3. The Morgan fingerprint density at radius 3 is 2.59 bits per heavy atom. The minimum absolute atomic E-state index is 0.0916. The molecular weight excluding hydrogens is 460 g/mol. The molecule has 2 aromatic rings. The van der Waals surface area contributed by atoms with Crippen molar-refractivity contribution >= 4 is 26.0 Å². The van der Waals surface area contributed by atoms with Gasteiger partial charge in [0.25, 0.3) is 0 Å². The lowest BCUT2D eigenvalue weighted by Gasteiger charge is -2.31. The standard InChI is InChI=1S/C19H25BrN4O4S/c1-28-12-11-23-19(25)24(16-6-7-16)18(21-23)14-3-2-10-22(13-14)29(26,27)17-8-4-15(20)5-9-17/h4-5,8-9,14,16H,2-3,6-7,10-13H2,1H3. The van der Waals surface area contributed by atoms with Crippen LogP contribution >= 0.6 is 15.9 Å². The van der Waals surface area contributed by atoms with E-state index in [0.717, 1.165) is 30.2 Å². The number of sulfonamides is 1. The highest BCUT2D eigenvalue weighted by Crippen LogP contribution is 2.37. The van der Waals surface area contributed by atoms with E-state index in [2.05, 4.69) is 21.0 Å². The molecule has 1 saturated carbocycles. The van der Waals surface area contributed by atoms with Gasteiger partial charge in [-0.15, -0.1) is 0 Å². The predicted molar refractivity (Wildman–Crippen MR) is 112 cm³/mol. The van der Waals surface area contributed by atoms with Crippen LogP contribution in [0, 0.1) is 0 Å². The van der Waals surface area contributed by atoms with Crippen LogP contribution in [0.15, 0.2) is 38.4 Å². The third-order valence-corrected chi connectivity index (χ3v) is 7.92. The molecule has 29 heavy (non-hydrogen) atoms. The number of hydrogen-bond acceptors (Lipinski definition) is 5. The first-order valence-electron chi connectivity index (χ1n) is 9.85. The van der Waals surface area contributed by atoms with Gasteiger partial charge in [-0.2, -0.15) is 9.40 Å². The van der Waals surface area contributed by atoms with E-state index >= 15 is 0 Å². The van der Waals surface area contributed by atoms with E-state index in [1.807, 2.05) is 0 Å². The smallest absolute Gasteiger partial charge is 0.346 e. The molecule has 2 fully saturated rings. The van der Waals surface area contributed by atoms with Gasteiger partial charge in [0.15, 0.2) is 0 Å². The van der Waals surface area contributed by atoms with Crippen LogP contribution in [0.3, 0.4) is 0 Å². The van der Waals surface area contributed by atoms with Crippen molar-refractivity contribution in [1.82, 2.24) is 18.7 Å². The summed E-state index contributed by atoms with van der Waals surface area (Å²) in [6, 6.07) is 6.88. The van der Waals surface area contributed by atoms with E-state index in [-0.39, 0.29) is 22.5 Å². The highest BCUT2D eigenvalue weighted by Gasteiger charge is 2.37. The van der Waals surface area contributed by atoms with Crippen LogP contribution in [0.5, 0.6) is 0 Å². The van der Waals surface area contributed by atoms with Crippen molar-refractivity contribution in [1.29, 1.82) is 0 Å². The average molecular weight is 485 g/mol. The molecule has 1 aromatic carbocycles. The number of rotatable bonds is 7. The van der Waals surface area contributed by atoms with Crippen molar-refractivity contribution in [2.75, 3.05) is 26.8 Å². The maximum absolute atomic E-state index is 13.1. The van der Waals surface area contributed by atoms with Gasteiger partial charge < -0.3 is 4.74 Å². The lowest BCUT2D eigenvalue weighted by atomic mass is 9.99. The van der Waals surface area contributed by atoms with Gasteiger partial charge in [-0.1, -0.05) is 15.9 Å². The molecule has 10 heteroatoms. The summed E-state index contributed by atoms with van der Waals surface area (Å²) in [6.45, 7) is 1.63. The maximum Gasteiger partial charge on any atom is 0.346 e. The van der Waals surface area contributed by atoms with E-state index in [0.29, 0.717) is 32.1 Å². The summed E-state index contributed by atoms with van der Waals surface area (Å²) in [5.74, 6) is 0.621. The first-order chi connectivity index (χ1) is 13.9. The Bertz CT molecular complexity index is 1030. The fourth-order valence-corrected chi connectivity index (χ4v) is 5.63. The summed E-state index contributed by atoms with van der Waals surface area (Å²) in [5.41, 5.74) is -0.118. The third-order valence-electron chi connectivity index (χ3n) is 5.52. The second kappa shape index (κ2) is 8.33. The van der Waals surface area contributed by atoms with Gasteiger partial charge in [0.2, 0.25) is 10.0 Å². The van der Waals surface area contributed by atoms with Crippen molar-refractivity contribution in [2.45, 2.75) is 49.1 Å². The van der Waals surface area contributed by atoms with Crippen LogP contribution in [0.4, 0.5) is 0 Å². The minimum atomic E-state index is -3.58. The van der Waals surface area contributed by atoms with Crippen molar-refractivity contribution < 1.29 is 13.2 Å². The molecule has 1 aromatic heterocycles. The molecule has 1 saturated heterocycles. The zero-order valence-corrected chi connectivity index (χ0v) is 18.7. The van der Waals surface area contributed by atoms with Crippen LogP contribution in [0.1, 0.15) is 43.5 Å². The molecule has 0 bridgehead atoms. The molecule has 1 atom stereocenters. The van der Waals surface area contributed by atoms with Crippen LogP contribution in [0.25, 0.3) is 0 Å². The van der Waals surface area contributed by atoms with Gasteiger partial charge in [0.05, 0.1) is 18.0 Å². The lowest BCUT2D eigenvalue weighted by Crippen LogP contribution is -2.40. The quantitative estimate of drug-likeness (QED) is 0.601. The molecule has 0 spiro atoms. The number of hydrogen-bond donors (Lipinski definition) is 0. The van der Waals surface area contributed by atoms with Crippen LogP contribution in [-0.4, -0.2) is 53.9 Å². The Labute approximate surface area is 178 Å². The molecule has 4 rings (SSSR count). The van der Waals surface area contributed by atoms with Crippen LogP contribution in [-0.2, 0) is 21.3 Å². The largest absolute Gasteiger partial charge is 0.383 e. The summed E-state index contributed by atoms with van der Waals surface area (Å²) in [4.78, 5) is 13.1. The normalized spacial score (nSPS) is 20.8. The molecule has 1 aliphatic heterocycles. The first-order valence-corrected chi connectivity index (χ1v) is 12.1.